The van der Waals surface area contributed by atoms with Gasteiger partial charge in [0.25, 0.3) is 0 Å². The maximum Gasteiger partial charge on any atom is 0.136 e. The molecule has 9 heavy (non-hydrogen) atoms. The fourth-order valence-corrected chi connectivity index (χ4v) is 1.11. The molecular formula is C7H11FO. The summed E-state index contributed by atoms with van der Waals surface area (Å²) in [6.07, 6.45) is 2.26. The second-order valence-corrected chi connectivity index (χ2v) is 2.78. The topological polar surface area (TPSA) is 17.1 Å². The molecule has 0 unspecified atom stereocenters. The first-order chi connectivity index (χ1) is 4.21. The molecule has 0 saturated heterocycles. The van der Waals surface area contributed by atoms with Gasteiger partial charge in [0.15, 0.2) is 0 Å². The quantitative estimate of drug-likeness (QED) is 0.568. The summed E-state index contributed by atoms with van der Waals surface area (Å²) in [6, 6.07) is 0. The molecule has 1 nitrogen and oxygen atoms in total. The molecule has 0 aromatic carbocycles. The highest BCUT2D eigenvalue weighted by Crippen LogP contribution is 2.49. The first kappa shape index (κ1) is 6.72. The molecule has 1 rings (SSSR count). The van der Waals surface area contributed by atoms with Crippen LogP contribution >= 0.6 is 0 Å². The van der Waals surface area contributed by atoms with E-state index in [4.69, 9.17) is 0 Å². The van der Waals surface area contributed by atoms with E-state index in [0.717, 1.165) is 12.8 Å². The van der Waals surface area contributed by atoms with Crippen LogP contribution in [0, 0.1) is 5.41 Å². The number of ketones is 1. The minimum absolute atomic E-state index is 0.167. The maximum absolute atomic E-state index is 11.7. The van der Waals surface area contributed by atoms with Crippen molar-refractivity contribution < 1.29 is 9.18 Å². The van der Waals surface area contributed by atoms with Crippen LogP contribution in [0.25, 0.3) is 0 Å². The van der Waals surface area contributed by atoms with Gasteiger partial charge in [0, 0.05) is 5.41 Å². The Labute approximate surface area is 54.3 Å². The molecular weight excluding hydrogens is 119 g/mol. The Morgan fingerprint density at radius 3 is 2.33 bits per heavy atom. The van der Waals surface area contributed by atoms with Crippen LogP contribution in [0.15, 0.2) is 0 Å². The second-order valence-electron chi connectivity index (χ2n) is 2.78. The summed E-state index contributed by atoms with van der Waals surface area (Å²) in [5.41, 5.74) is -0.214. The Kier molecular flexibility index (Phi) is 1.56. The highest BCUT2D eigenvalue weighted by molar-refractivity contribution is 5.84. The van der Waals surface area contributed by atoms with E-state index in [1.54, 1.807) is 6.92 Å². The van der Waals surface area contributed by atoms with Gasteiger partial charge in [0.05, 0.1) is 6.67 Å². The zero-order valence-electron chi connectivity index (χ0n) is 5.61. The number of carbonyl (C=O) groups is 1. The van der Waals surface area contributed by atoms with E-state index >= 15 is 0 Å². The monoisotopic (exact) mass is 130 g/mol. The molecule has 0 atom stereocenters. The zero-order chi connectivity index (χ0) is 6.91. The van der Waals surface area contributed by atoms with Gasteiger partial charge in [-0.3, -0.25) is 9.18 Å². The van der Waals surface area contributed by atoms with Gasteiger partial charge < -0.3 is 0 Å². The third-order valence-corrected chi connectivity index (χ3v) is 2.17. The zero-order valence-corrected chi connectivity index (χ0v) is 5.61. The van der Waals surface area contributed by atoms with E-state index in [0.29, 0.717) is 6.42 Å². The highest BCUT2D eigenvalue weighted by atomic mass is 19.1. The fourth-order valence-electron chi connectivity index (χ4n) is 1.11. The van der Waals surface area contributed by atoms with Crippen LogP contribution in [0.1, 0.15) is 26.2 Å². The number of hydrogen-bond donors (Lipinski definition) is 0. The van der Waals surface area contributed by atoms with Crippen molar-refractivity contribution in [2.24, 2.45) is 5.41 Å². The molecule has 0 aromatic heterocycles. The second kappa shape index (κ2) is 2.09. The molecule has 2 heteroatoms. The molecule has 0 aliphatic heterocycles. The normalized spacial score (nSPS) is 21.6. The highest BCUT2D eigenvalue weighted by Gasteiger charge is 2.46. The van der Waals surface area contributed by atoms with Gasteiger partial charge in [-0.2, -0.15) is 0 Å². The summed E-state index contributed by atoms with van der Waals surface area (Å²) in [7, 11) is 0. The van der Waals surface area contributed by atoms with Gasteiger partial charge in [-0.05, 0) is 26.2 Å². The summed E-state index contributed by atoms with van der Waals surface area (Å²) in [5, 5.41) is 0. The molecule has 0 radical (unpaired) electrons. The minimum atomic E-state index is -0.348. The SMILES string of the molecule is CC(=O)C1(CCF)CC1. The van der Waals surface area contributed by atoms with Crippen LogP contribution in [0.5, 0.6) is 0 Å². The van der Waals surface area contributed by atoms with E-state index in [1.165, 1.54) is 0 Å². The van der Waals surface area contributed by atoms with E-state index in [-0.39, 0.29) is 17.9 Å². The van der Waals surface area contributed by atoms with Gasteiger partial charge in [-0.25, -0.2) is 0 Å². The lowest BCUT2D eigenvalue weighted by atomic mass is 9.99. The molecule has 0 amide bonds. The third-order valence-electron chi connectivity index (χ3n) is 2.17. The molecule has 1 aliphatic carbocycles. The molecule has 0 heterocycles. The Bertz CT molecular complexity index is 127. The van der Waals surface area contributed by atoms with E-state index < -0.39 is 0 Å². The summed E-state index contributed by atoms with van der Waals surface area (Å²) in [6.45, 7) is 1.21. The van der Waals surface area contributed by atoms with Gasteiger partial charge in [-0.15, -0.1) is 0 Å². The number of carbonyl (C=O) groups excluding carboxylic acids is 1. The molecule has 0 bridgehead atoms. The van der Waals surface area contributed by atoms with Crippen molar-refractivity contribution in [3.8, 4) is 0 Å². The van der Waals surface area contributed by atoms with E-state index in [1.807, 2.05) is 0 Å². The van der Waals surface area contributed by atoms with Crippen molar-refractivity contribution in [1.82, 2.24) is 0 Å². The summed E-state index contributed by atoms with van der Waals surface area (Å²) in [4.78, 5) is 10.8. The van der Waals surface area contributed by atoms with Crippen molar-refractivity contribution in [2.45, 2.75) is 26.2 Å². The van der Waals surface area contributed by atoms with Crippen LogP contribution in [0.3, 0.4) is 0 Å². The molecule has 1 aliphatic rings. The average molecular weight is 130 g/mol. The van der Waals surface area contributed by atoms with Gasteiger partial charge in [0.1, 0.15) is 5.78 Å². The number of Topliss-reactive ketones (excluding diaryl/α,β-unsaturated/α-hetero) is 1. The first-order valence-electron chi connectivity index (χ1n) is 3.28. The van der Waals surface area contributed by atoms with Crippen LogP contribution in [-0.4, -0.2) is 12.5 Å². The molecule has 0 aromatic rings. The summed E-state index contributed by atoms with van der Waals surface area (Å²) in [5.74, 6) is 0.167. The third kappa shape index (κ3) is 1.12. The molecule has 0 N–H and O–H groups in total. The van der Waals surface area contributed by atoms with Crippen molar-refractivity contribution >= 4 is 5.78 Å². The van der Waals surface area contributed by atoms with Gasteiger partial charge in [0.2, 0.25) is 0 Å². The smallest absolute Gasteiger partial charge is 0.136 e. The number of hydrogen-bond acceptors (Lipinski definition) is 1. The maximum atomic E-state index is 11.7. The van der Waals surface area contributed by atoms with Crippen LogP contribution < -0.4 is 0 Å². The lowest BCUT2D eigenvalue weighted by Crippen LogP contribution is -2.11. The van der Waals surface area contributed by atoms with Crippen LogP contribution in [0.2, 0.25) is 0 Å². The fraction of sp³-hybridized carbons (Fsp3) is 0.857. The Hall–Kier alpha value is -0.400. The van der Waals surface area contributed by atoms with E-state index in [2.05, 4.69) is 0 Å². The minimum Gasteiger partial charge on any atom is -0.299 e. The Morgan fingerprint density at radius 2 is 2.22 bits per heavy atom. The van der Waals surface area contributed by atoms with Crippen LogP contribution in [0.4, 0.5) is 4.39 Å². The Balaban J connectivity index is 2.43. The summed E-state index contributed by atoms with van der Waals surface area (Å²) < 4.78 is 11.7. The first-order valence-corrected chi connectivity index (χ1v) is 3.28. The predicted octanol–water partition coefficient (Wildman–Crippen LogP) is 1.72. The lowest BCUT2D eigenvalue weighted by molar-refractivity contribution is -0.122. The predicted molar refractivity (Wildman–Crippen MR) is 32.9 cm³/mol. The standard InChI is InChI=1S/C7H11FO/c1-6(9)7(2-3-7)4-5-8/h2-5H2,1H3. The largest absolute Gasteiger partial charge is 0.299 e. The average Bonchev–Trinajstić information content (AvgIpc) is 2.49. The Morgan fingerprint density at radius 1 is 1.67 bits per heavy atom. The number of rotatable bonds is 3. The molecule has 1 saturated carbocycles. The van der Waals surface area contributed by atoms with Crippen molar-refractivity contribution in [1.29, 1.82) is 0 Å². The van der Waals surface area contributed by atoms with Gasteiger partial charge in [-0.1, -0.05) is 0 Å². The number of halogens is 1. The molecule has 52 valence electrons. The number of alkyl halides is 1. The van der Waals surface area contributed by atoms with Gasteiger partial charge >= 0.3 is 0 Å². The van der Waals surface area contributed by atoms with Crippen molar-refractivity contribution in [2.75, 3.05) is 6.67 Å². The lowest BCUT2D eigenvalue weighted by Gasteiger charge is -2.05. The van der Waals surface area contributed by atoms with Crippen LogP contribution in [-0.2, 0) is 4.79 Å². The van der Waals surface area contributed by atoms with E-state index in [9.17, 15) is 9.18 Å². The summed E-state index contributed by atoms with van der Waals surface area (Å²) >= 11 is 0. The molecule has 1 fully saturated rings. The molecule has 0 spiro atoms. The van der Waals surface area contributed by atoms with Crippen molar-refractivity contribution in [3.63, 3.8) is 0 Å². The van der Waals surface area contributed by atoms with Crippen molar-refractivity contribution in [3.05, 3.63) is 0 Å².